The summed E-state index contributed by atoms with van der Waals surface area (Å²) in [6.07, 6.45) is 5.80. The second-order valence-electron chi connectivity index (χ2n) is 5.16. The van der Waals surface area contributed by atoms with Crippen LogP contribution in [0.1, 0.15) is 11.1 Å². The van der Waals surface area contributed by atoms with Crippen LogP contribution in [0.4, 0.5) is 0 Å². The lowest BCUT2D eigenvalue weighted by Crippen LogP contribution is -2.22. The van der Waals surface area contributed by atoms with Crippen molar-refractivity contribution in [3.05, 3.63) is 88.9 Å². The first-order chi connectivity index (χ1) is 10.8. The predicted molar refractivity (Wildman–Crippen MR) is 84.8 cm³/mol. The van der Waals surface area contributed by atoms with E-state index in [1.54, 1.807) is 28.1 Å². The van der Waals surface area contributed by atoms with Crippen molar-refractivity contribution >= 4 is 11.0 Å². The fourth-order valence-corrected chi connectivity index (χ4v) is 2.76. The molecule has 5 nitrogen and oxygen atoms in total. The Hall–Kier alpha value is -3.08. The van der Waals surface area contributed by atoms with Crippen molar-refractivity contribution in [1.82, 2.24) is 19.3 Å². The molecule has 0 aliphatic heterocycles. The highest BCUT2D eigenvalue weighted by molar-refractivity contribution is 5.79. The standard InChI is InChI=1S/C17H14N4O/c22-17-19-15-8-4-7-14(11-13-5-2-1-3-6-13)16(15)21(17)20-10-9-18-12-20/h1-10,12H,11H2,(H,19,22). The van der Waals surface area contributed by atoms with Crippen LogP contribution in [0.3, 0.4) is 0 Å². The molecular formula is C17H14N4O. The van der Waals surface area contributed by atoms with Crippen molar-refractivity contribution < 1.29 is 0 Å². The summed E-state index contributed by atoms with van der Waals surface area (Å²) in [5.74, 6) is 0. The number of fused-ring (bicyclic) bond motifs is 1. The third-order valence-corrected chi connectivity index (χ3v) is 3.72. The molecular weight excluding hydrogens is 276 g/mol. The van der Waals surface area contributed by atoms with E-state index < -0.39 is 0 Å². The molecule has 1 N–H and O–H groups in total. The largest absolute Gasteiger partial charge is 0.345 e. The van der Waals surface area contributed by atoms with E-state index >= 15 is 0 Å². The third-order valence-electron chi connectivity index (χ3n) is 3.72. The molecule has 0 saturated heterocycles. The monoisotopic (exact) mass is 290 g/mol. The van der Waals surface area contributed by atoms with Gasteiger partial charge in [0, 0.05) is 12.4 Å². The zero-order chi connectivity index (χ0) is 14.9. The normalized spacial score (nSPS) is 11.1. The maximum Gasteiger partial charge on any atom is 0.345 e. The van der Waals surface area contributed by atoms with Gasteiger partial charge in [-0.15, -0.1) is 0 Å². The maximum atomic E-state index is 12.3. The van der Waals surface area contributed by atoms with Crippen LogP contribution in [0.15, 0.2) is 72.0 Å². The molecule has 0 amide bonds. The van der Waals surface area contributed by atoms with Crippen LogP contribution in [-0.2, 0) is 6.42 Å². The number of nitrogens with one attached hydrogen (secondary N) is 1. The molecule has 0 atom stereocenters. The summed E-state index contributed by atoms with van der Waals surface area (Å²) >= 11 is 0. The summed E-state index contributed by atoms with van der Waals surface area (Å²) in [6, 6.07) is 16.2. The average Bonchev–Trinajstić information content (AvgIpc) is 3.15. The van der Waals surface area contributed by atoms with Gasteiger partial charge >= 0.3 is 5.69 Å². The van der Waals surface area contributed by atoms with E-state index in [1.165, 1.54) is 5.56 Å². The van der Waals surface area contributed by atoms with E-state index in [-0.39, 0.29) is 5.69 Å². The van der Waals surface area contributed by atoms with Gasteiger partial charge in [-0.25, -0.2) is 14.5 Å². The molecule has 2 aromatic carbocycles. The molecule has 108 valence electrons. The maximum absolute atomic E-state index is 12.3. The van der Waals surface area contributed by atoms with E-state index in [9.17, 15) is 4.79 Å². The van der Waals surface area contributed by atoms with Gasteiger partial charge in [0.25, 0.3) is 0 Å². The lowest BCUT2D eigenvalue weighted by molar-refractivity contribution is 0.651. The summed E-state index contributed by atoms with van der Waals surface area (Å²) in [4.78, 5) is 19.2. The van der Waals surface area contributed by atoms with Crippen LogP contribution < -0.4 is 5.69 Å². The Morgan fingerprint density at radius 2 is 1.91 bits per heavy atom. The van der Waals surface area contributed by atoms with E-state index in [0.717, 1.165) is 23.0 Å². The summed E-state index contributed by atoms with van der Waals surface area (Å²) in [7, 11) is 0. The van der Waals surface area contributed by atoms with Crippen molar-refractivity contribution in [1.29, 1.82) is 0 Å². The van der Waals surface area contributed by atoms with Crippen LogP contribution in [0.5, 0.6) is 0 Å². The first-order valence-corrected chi connectivity index (χ1v) is 7.08. The van der Waals surface area contributed by atoms with Gasteiger partial charge in [-0.05, 0) is 23.6 Å². The first-order valence-electron chi connectivity index (χ1n) is 7.08. The van der Waals surface area contributed by atoms with Gasteiger partial charge < -0.3 is 4.98 Å². The number of aromatic amines is 1. The Labute approximate surface area is 126 Å². The second kappa shape index (κ2) is 5.04. The van der Waals surface area contributed by atoms with Gasteiger partial charge in [0.05, 0.1) is 11.0 Å². The van der Waals surface area contributed by atoms with Crippen molar-refractivity contribution in [3.63, 3.8) is 0 Å². The summed E-state index contributed by atoms with van der Waals surface area (Å²) in [5.41, 5.74) is 3.84. The molecule has 0 spiro atoms. The van der Waals surface area contributed by atoms with Crippen molar-refractivity contribution in [2.45, 2.75) is 6.42 Å². The van der Waals surface area contributed by atoms with Gasteiger partial charge in [-0.2, -0.15) is 4.68 Å². The Bertz CT molecular complexity index is 965. The minimum Gasteiger partial charge on any atom is -0.304 e. The fourth-order valence-electron chi connectivity index (χ4n) is 2.76. The number of hydrogen-bond donors (Lipinski definition) is 1. The minimum atomic E-state index is -0.173. The van der Waals surface area contributed by atoms with Crippen molar-refractivity contribution in [2.75, 3.05) is 0 Å². The number of nitrogens with zero attached hydrogens (tertiary/aromatic N) is 3. The highest BCUT2D eigenvalue weighted by Crippen LogP contribution is 2.19. The molecule has 2 aromatic heterocycles. The van der Waals surface area contributed by atoms with Crippen molar-refractivity contribution in [3.8, 4) is 0 Å². The molecule has 0 unspecified atom stereocenters. The zero-order valence-electron chi connectivity index (χ0n) is 11.8. The molecule has 4 aromatic rings. The Kier molecular flexibility index (Phi) is 2.89. The zero-order valence-corrected chi connectivity index (χ0v) is 11.8. The van der Waals surface area contributed by atoms with Gasteiger partial charge in [0.2, 0.25) is 0 Å². The van der Waals surface area contributed by atoms with Crippen molar-refractivity contribution in [2.24, 2.45) is 0 Å². The summed E-state index contributed by atoms with van der Waals surface area (Å²) in [5, 5.41) is 0. The molecule has 0 saturated carbocycles. The number of aromatic nitrogens is 4. The number of para-hydroxylation sites is 1. The van der Waals surface area contributed by atoms with Crippen LogP contribution in [0, 0.1) is 0 Å². The Morgan fingerprint density at radius 1 is 1.05 bits per heavy atom. The van der Waals surface area contributed by atoms with Gasteiger partial charge in [0.1, 0.15) is 6.33 Å². The number of hydrogen-bond acceptors (Lipinski definition) is 2. The number of benzene rings is 2. The molecule has 22 heavy (non-hydrogen) atoms. The molecule has 0 aliphatic rings. The molecule has 0 radical (unpaired) electrons. The van der Waals surface area contributed by atoms with Crippen LogP contribution in [0.2, 0.25) is 0 Å². The summed E-state index contributed by atoms with van der Waals surface area (Å²) < 4.78 is 3.30. The Balaban J connectivity index is 1.94. The predicted octanol–water partition coefficient (Wildman–Crippen LogP) is 2.43. The van der Waals surface area contributed by atoms with E-state index in [1.807, 2.05) is 30.3 Å². The topological polar surface area (TPSA) is 55.6 Å². The van der Waals surface area contributed by atoms with Gasteiger partial charge in [-0.1, -0.05) is 42.5 Å². The minimum absolute atomic E-state index is 0.173. The molecule has 4 rings (SSSR count). The highest BCUT2D eigenvalue weighted by Gasteiger charge is 2.12. The van der Waals surface area contributed by atoms with Crippen LogP contribution >= 0.6 is 0 Å². The van der Waals surface area contributed by atoms with Crippen LogP contribution in [0.25, 0.3) is 11.0 Å². The van der Waals surface area contributed by atoms with E-state index in [2.05, 4.69) is 28.2 Å². The summed E-state index contributed by atoms with van der Waals surface area (Å²) in [6.45, 7) is 0. The quantitative estimate of drug-likeness (QED) is 0.630. The SMILES string of the molecule is O=c1[nH]c2cccc(Cc3ccccc3)c2n1-n1ccnc1. The molecule has 5 heteroatoms. The number of imidazole rings is 2. The fraction of sp³-hybridized carbons (Fsp3) is 0.0588. The molecule has 0 bridgehead atoms. The van der Waals surface area contributed by atoms with Gasteiger partial charge in [0.15, 0.2) is 0 Å². The van der Waals surface area contributed by atoms with Gasteiger partial charge in [-0.3, -0.25) is 0 Å². The van der Waals surface area contributed by atoms with E-state index in [4.69, 9.17) is 0 Å². The lowest BCUT2D eigenvalue weighted by atomic mass is 10.0. The van der Waals surface area contributed by atoms with E-state index in [0.29, 0.717) is 0 Å². The molecule has 2 heterocycles. The molecule has 0 fully saturated rings. The number of rotatable bonds is 3. The second-order valence-corrected chi connectivity index (χ2v) is 5.16. The number of H-pyrrole nitrogens is 1. The van der Waals surface area contributed by atoms with Crippen LogP contribution in [-0.4, -0.2) is 19.3 Å². The first kappa shape index (κ1) is 12.6. The smallest absolute Gasteiger partial charge is 0.304 e. The molecule has 0 aliphatic carbocycles. The lowest BCUT2D eigenvalue weighted by Gasteiger charge is -2.08. The Morgan fingerprint density at radius 3 is 2.68 bits per heavy atom. The average molecular weight is 290 g/mol. The third kappa shape index (κ3) is 2.03. The highest BCUT2D eigenvalue weighted by atomic mass is 16.2.